The predicted molar refractivity (Wildman–Crippen MR) is 93.7 cm³/mol. The molecule has 0 bridgehead atoms. The van der Waals surface area contributed by atoms with Crippen LogP contribution in [0.5, 0.6) is 11.5 Å². The SMILES string of the molecule is Cc1cccc(C[S@@](=O)CCC(=O)Nc2ccc3c(c2)OCO3)c1. The molecule has 0 spiro atoms. The summed E-state index contributed by atoms with van der Waals surface area (Å²) in [5, 5.41) is 2.79. The van der Waals surface area contributed by atoms with Crippen molar-refractivity contribution in [1.82, 2.24) is 0 Å². The van der Waals surface area contributed by atoms with E-state index in [9.17, 15) is 9.00 Å². The second-order valence-electron chi connectivity index (χ2n) is 5.64. The number of amides is 1. The van der Waals surface area contributed by atoms with Crippen molar-refractivity contribution in [3.63, 3.8) is 0 Å². The number of rotatable bonds is 6. The van der Waals surface area contributed by atoms with Gasteiger partial charge in [0.15, 0.2) is 11.5 Å². The lowest BCUT2D eigenvalue weighted by atomic mass is 10.2. The maximum Gasteiger partial charge on any atom is 0.231 e. The molecule has 0 unspecified atom stereocenters. The molecule has 5 nitrogen and oxygen atoms in total. The van der Waals surface area contributed by atoms with Crippen LogP contribution in [-0.4, -0.2) is 22.7 Å². The number of anilines is 1. The monoisotopic (exact) mass is 345 g/mol. The average Bonchev–Trinajstić information content (AvgIpc) is 3.00. The molecule has 2 aromatic rings. The predicted octanol–water partition coefficient (Wildman–Crippen LogP) is 3.00. The van der Waals surface area contributed by atoms with Crippen LogP contribution in [0.25, 0.3) is 0 Å². The normalized spacial score (nSPS) is 13.5. The molecular formula is C18H19NO4S. The van der Waals surface area contributed by atoms with Crippen molar-refractivity contribution >= 4 is 22.4 Å². The van der Waals surface area contributed by atoms with Gasteiger partial charge in [0, 0.05) is 40.5 Å². The molecule has 0 aromatic heterocycles. The van der Waals surface area contributed by atoms with Crippen LogP contribution in [0.4, 0.5) is 5.69 Å². The highest BCUT2D eigenvalue weighted by Gasteiger charge is 2.14. The van der Waals surface area contributed by atoms with Gasteiger partial charge in [-0.25, -0.2) is 0 Å². The molecule has 0 saturated heterocycles. The summed E-state index contributed by atoms with van der Waals surface area (Å²) in [6.07, 6.45) is 0.215. The summed E-state index contributed by atoms with van der Waals surface area (Å²) in [5.74, 6) is 1.94. The van der Waals surface area contributed by atoms with Crippen LogP contribution >= 0.6 is 0 Å². The fourth-order valence-corrected chi connectivity index (χ4v) is 3.57. The third-order valence-corrected chi connectivity index (χ3v) is 4.94. The summed E-state index contributed by atoms with van der Waals surface area (Å²) >= 11 is 0. The first kappa shape index (κ1) is 16.5. The molecule has 1 aliphatic heterocycles. The number of carbonyl (C=O) groups excluding carboxylic acids is 1. The number of nitrogens with one attached hydrogen (secondary N) is 1. The van der Waals surface area contributed by atoms with Gasteiger partial charge in [-0.05, 0) is 24.6 Å². The highest BCUT2D eigenvalue weighted by atomic mass is 32.2. The van der Waals surface area contributed by atoms with E-state index in [1.807, 2.05) is 31.2 Å². The van der Waals surface area contributed by atoms with Gasteiger partial charge >= 0.3 is 0 Å². The summed E-state index contributed by atoms with van der Waals surface area (Å²) in [7, 11) is -1.06. The van der Waals surface area contributed by atoms with Crippen molar-refractivity contribution in [3.8, 4) is 11.5 Å². The molecule has 0 aliphatic carbocycles. The van der Waals surface area contributed by atoms with Crippen LogP contribution in [0, 0.1) is 6.92 Å². The smallest absolute Gasteiger partial charge is 0.231 e. The molecule has 1 atom stereocenters. The number of benzene rings is 2. The lowest BCUT2D eigenvalue weighted by Crippen LogP contribution is -2.15. The molecule has 3 rings (SSSR count). The summed E-state index contributed by atoms with van der Waals surface area (Å²) in [5.41, 5.74) is 2.82. The van der Waals surface area contributed by atoms with Crippen molar-refractivity contribution in [2.45, 2.75) is 19.1 Å². The fourth-order valence-electron chi connectivity index (χ4n) is 2.46. The van der Waals surface area contributed by atoms with Crippen molar-refractivity contribution in [2.75, 3.05) is 17.9 Å². The minimum Gasteiger partial charge on any atom is -0.454 e. The van der Waals surface area contributed by atoms with Crippen LogP contribution in [-0.2, 0) is 21.3 Å². The van der Waals surface area contributed by atoms with E-state index in [2.05, 4.69) is 5.32 Å². The number of carbonyl (C=O) groups is 1. The number of hydrogen-bond acceptors (Lipinski definition) is 4. The van der Waals surface area contributed by atoms with E-state index in [0.29, 0.717) is 28.7 Å². The lowest BCUT2D eigenvalue weighted by Gasteiger charge is -2.07. The molecule has 2 aromatic carbocycles. The number of ether oxygens (including phenoxy) is 2. The van der Waals surface area contributed by atoms with Crippen molar-refractivity contribution in [3.05, 3.63) is 53.6 Å². The Kier molecular flexibility index (Phi) is 5.15. The van der Waals surface area contributed by atoms with E-state index < -0.39 is 10.8 Å². The van der Waals surface area contributed by atoms with E-state index in [1.165, 1.54) is 0 Å². The summed E-state index contributed by atoms with van der Waals surface area (Å²) in [4.78, 5) is 12.0. The Balaban J connectivity index is 1.47. The Bertz CT molecular complexity index is 775. The first-order valence-electron chi connectivity index (χ1n) is 7.70. The second kappa shape index (κ2) is 7.49. The van der Waals surface area contributed by atoms with E-state index >= 15 is 0 Å². The molecule has 0 saturated carbocycles. The summed E-state index contributed by atoms with van der Waals surface area (Å²) < 4.78 is 22.6. The van der Waals surface area contributed by atoms with Crippen LogP contribution in [0.1, 0.15) is 17.5 Å². The van der Waals surface area contributed by atoms with Gasteiger partial charge in [-0.15, -0.1) is 0 Å². The van der Waals surface area contributed by atoms with Gasteiger partial charge < -0.3 is 14.8 Å². The van der Waals surface area contributed by atoms with Crippen molar-refractivity contribution < 1.29 is 18.5 Å². The third kappa shape index (κ3) is 4.35. The number of aryl methyl sites for hydroxylation is 1. The lowest BCUT2D eigenvalue weighted by molar-refractivity contribution is -0.115. The number of hydrogen-bond donors (Lipinski definition) is 1. The van der Waals surface area contributed by atoms with E-state index in [-0.39, 0.29) is 19.1 Å². The summed E-state index contributed by atoms with van der Waals surface area (Å²) in [6, 6.07) is 13.2. The first-order valence-corrected chi connectivity index (χ1v) is 9.19. The Morgan fingerprint density at radius 1 is 1.17 bits per heavy atom. The van der Waals surface area contributed by atoms with Gasteiger partial charge in [0.25, 0.3) is 0 Å². The summed E-state index contributed by atoms with van der Waals surface area (Å²) in [6.45, 7) is 2.20. The molecule has 1 aliphatic rings. The Labute approximate surface area is 143 Å². The van der Waals surface area contributed by atoms with Gasteiger partial charge in [0.1, 0.15) is 0 Å². The topological polar surface area (TPSA) is 64.6 Å². The van der Waals surface area contributed by atoms with Crippen molar-refractivity contribution in [2.24, 2.45) is 0 Å². The van der Waals surface area contributed by atoms with Crippen LogP contribution in [0.2, 0.25) is 0 Å². The van der Waals surface area contributed by atoms with Crippen LogP contribution < -0.4 is 14.8 Å². The minimum absolute atomic E-state index is 0.161. The molecule has 0 radical (unpaired) electrons. The van der Waals surface area contributed by atoms with E-state index in [0.717, 1.165) is 11.1 Å². The van der Waals surface area contributed by atoms with Gasteiger partial charge in [-0.2, -0.15) is 0 Å². The van der Waals surface area contributed by atoms with Crippen LogP contribution in [0.3, 0.4) is 0 Å². The largest absolute Gasteiger partial charge is 0.454 e. The molecule has 126 valence electrons. The first-order chi connectivity index (χ1) is 11.6. The van der Waals surface area contributed by atoms with E-state index in [1.54, 1.807) is 18.2 Å². The zero-order valence-electron chi connectivity index (χ0n) is 13.4. The maximum atomic E-state index is 12.1. The molecule has 1 amide bonds. The highest BCUT2D eigenvalue weighted by molar-refractivity contribution is 7.84. The number of fused-ring (bicyclic) bond motifs is 1. The van der Waals surface area contributed by atoms with Gasteiger partial charge in [-0.3, -0.25) is 9.00 Å². The molecular weight excluding hydrogens is 326 g/mol. The van der Waals surface area contributed by atoms with Crippen molar-refractivity contribution in [1.29, 1.82) is 0 Å². The molecule has 1 heterocycles. The molecule has 24 heavy (non-hydrogen) atoms. The fraction of sp³-hybridized carbons (Fsp3) is 0.278. The molecule has 6 heteroatoms. The highest BCUT2D eigenvalue weighted by Crippen LogP contribution is 2.34. The van der Waals surface area contributed by atoms with Gasteiger partial charge in [-0.1, -0.05) is 29.8 Å². The Morgan fingerprint density at radius 2 is 2.00 bits per heavy atom. The second-order valence-corrected chi connectivity index (χ2v) is 7.22. The maximum absolute atomic E-state index is 12.1. The molecule has 1 N–H and O–H groups in total. The quantitative estimate of drug-likeness (QED) is 0.874. The van der Waals surface area contributed by atoms with Crippen LogP contribution in [0.15, 0.2) is 42.5 Å². The standard InChI is InChI=1S/C18H19NO4S/c1-13-3-2-4-14(9-13)11-24(21)8-7-18(20)19-15-5-6-16-17(10-15)23-12-22-16/h2-6,9-10H,7-8,11-12H2,1H3,(H,19,20)/t24-/m0/s1. The average molecular weight is 345 g/mol. The minimum atomic E-state index is -1.06. The molecule has 0 fully saturated rings. The zero-order valence-corrected chi connectivity index (χ0v) is 14.2. The Hall–Kier alpha value is -2.34. The zero-order chi connectivity index (χ0) is 16.9. The third-order valence-electron chi connectivity index (χ3n) is 3.62. The Morgan fingerprint density at radius 3 is 2.83 bits per heavy atom. The van der Waals surface area contributed by atoms with Gasteiger partial charge in [0.2, 0.25) is 12.7 Å². The van der Waals surface area contributed by atoms with E-state index in [4.69, 9.17) is 9.47 Å². The van der Waals surface area contributed by atoms with Gasteiger partial charge in [0.05, 0.1) is 0 Å².